The van der Waals surface area contributed by atoms with E-state index in [-0.39, 0.29) is 22.1 Å². The number of thioether (sulfide) groups is 1. The van der Waals surface area contributed by atoms with E-state index in [4.69, 9.17) is 5.73 Å². The number of carbonyl (C=O) groups is 3. The molecule has 0 aliphatic heterocycles. The smallest absolute Gasteiger partial charge is 0.255 e. The van der Waals surface area contributed by atoms with Gasteiger partial charge in [0.1, 0.15) is 22.8 Å². The molecule has 1 saturated carbocycles. The number of benzene rings is 1. The summed E-state index contributed by atoms with van der Waals surface area (Å²) in [6.07, 6.45) is -1.62. The zero-order chi connectivity index (χ0) is 30.2. The first-order valence-corrected chi connectivity index (χ1v) is 14.2. The van der Waals surface area contributed by atoms with Gasteiger partial charge in [-0.3, -0.25) is 19.3 Å². The molecule has 0 unspecified atom stereocenters. The summed E-state index contributed by atoms with van der Waals surface area (Å²) < 4.78 is 0. The van der Waals surface area contributed by atoms with Crippen molar-refractivity contribution in [3.05, 3.63) is 45.7 Å². The lowest BCUT2D eigenvalue weighted by Crippen LogP contribution is -2.70. The van der Waals surface area contributed by atoms with Gasteiger partial charge in [-0.05, 0) is 30.3 Å². The number of rotatable bonds is 5. The Labute approximate surface area is 237 Å². The van der Waals surface area contributed by atoms with Crippen LogP contribution >= 0.6 is 11.8 Å². The Balaban J connectivity index is 2.08. The zero-order valence-electron chi connectivity index (χ0n) is 23.7. The molecule has 10 nitrogen and oxygen atoms in total. The fraction of sp³-hybridized carbons (Fsp3) is 0.552. The molecule has 4 rings (SSSR count). The third-order valence-electron chi connectivity index (χ3n) is 8.35. The summed E-state index contributed by atoms with van der Waals surface area (Å²) in [4.78, 5) is 41.2. The summed E-state index contributed by atoms with van der Waals surface area (Å²) in [5.74, 6) is -8.43. The molecule has 3 aliphatic carbocycles. The van der Waals surface area contributed by atoms with E-state index in [9.17, 15) is 39.9 Å². The van der Waals surface area contributed by atoms with Crippen LogP contribution in [0.4, 0.5) is 0 Å². The highest BCUT2D eigenvalue weighted by Gasteiger charge is 2.68. The van der Waals surface area contributed by atoms with Crippen molar-refractivity contribution in [3.63, 3.8) is 0 Å². The number of Topliss-reactive ketones (excluding diaryl/α,β-unsaturated/α-hetero) is 2. The number of carbonyl (C=O) groups excluding carboxylic acids is 3. The first-order valence-electron chi connectivity index (χ1n) is 13.2. The summed E-state index contributed by atoms with van der Waals surface area (Å²) in [6.45, 7) is 9.62. The molecule has 0 radical (unpaired) electrons. The van der Waals surface area contributed by atoms with Crippen molar-refractivity contribution in [3.8, 4) is 5.75 Å². The monoisotopic (exact) mass is 574 g/mol. The predicted molar refractivity (Wildman–Crippen MR) is 151 cm³/mol. The van der Waals surface area contributed by atoms with E-state index < -0.39 is 75.5 Å². The quantitative estimate of drug-likeness (QED) is 0.284. The van der Waals surface area contributed by atoms with Crippen LogP contribution < -0.4 is 5.73 Å². The Bertz CT molecular complexity index is 1360. The largest absolute Gasteiger partial charge is 0.508 e. The highest BCUT2D eigenvalue weighted by molar-refractivity contribution is 7.99. The fourth-order valence-electron chi connectivity index (χ4n) is 6.53. The third-order valence-corrected chi connectivity index (χ3v) is 9.57. The van der Waals surface area contributed by atoms with Gasteiger partial charge in [-0.2, -0.15) is 11.8 Å². The topological polar surface area (TPSA) is 182 Å². The molecular formula is C29H38N2O8S. The zero-order valence-corrected chi connectivity index (χ0v) is 24.5. The molecule has 0 bridgehead atoms. The molecule has 0 aromatic heterocycles. The number of primary amides is 1. The number of phenols is 1. The van der Waals surface area contributed by atoms with Gasteiger partial charge < -0.3 is 31.3 Å². The standard InChI is InChI=1S/C29H38N2O8S/c1-11(2)40-10-13-12-8-9-14(28(3,4)5)21(32)16(12)22(33)17-15(13)23(34)19-20(31(6)7)24(35)18(27(30)38)26(37)29(19,39)25(17)36/h8-9,11,13,15,19-20,23,32-34,37,39H,10H2,1-7H3,(H2,30,38)/t13-,15+,19+,20-,23-,29-/m0/s1. The Morgan fingerprint density at radius 1 is 1.15 bits per heavy atom. The minimum absolute atomic E-state index is 0.0188. The number of hydrogen-bond donors (Lipinski definition) is 6. The maximum Gasteiger partial charge on any atom is 0.255 e. The SMILES string of the molecule is CC(C)SC[C@H]1c2ccc(C(C)(C)C)c(O)c2C(O)=C2C(=O)[C@]3(O)C(O)=C(C(N)=O)C(=O)[C@@H](N(C)C)[C@@H]3[C@@H](O)[C@@H]21. The molecule has 1 amide bonds. The highest BCUT2D eigenvalue weighted by atomic mass is 32.2. The minimum Gasteiger partial charge on any atom is -0.508 e. The van der Waals surface area contributed by atoms with Crippen molar-refractivity contribution >= 4 is 35.0 Å². The lowest BCUT2D eigenvalue weighted by Gasteiger charge is -2.54. The first-order chi connectivity index (χ1) is 18.4. The van der Waals surface area contributed by atoms with E-state index in [2.05, 4.69) is 0 Å². The maximum atomic E-state index is 14.3. The number of hydrogen-bond acceptors (Lipinski definition) is 10. The molecule has 0 heterocycles. The Morgan fingerprint density at radius 3 is 2.25 bits per heavy atom. The van der Waals surface area contributed by atoms with E-state index in [0.717, 1.165) is 0 Å². The van der Waals surface area contributed by atoms with Crippen LogP contribution in [-0.2, 0) is 19.8 Å². The van der Waals surface area contributed by atoms with Crippen molar-refractivity contribution < 1.29 is 39.9 Å². The van der Waals surface area contributed by atoms with Gasteiger partial charge in [-0.15, -0.1) is 0 Å². The average molecular weight is 575 g/mol. The van der Waals surface area contributed by atoms with Gasteiger partial charge in [0.25, 0.3) is 5.91 Å². The van der Waals surface area contributed by atoms with Crippen LogP contribution in [-0.4, -0.2) is 90.8 Å². The van der Waals surface area contributed by atoms with Crippen LogP contribution in [0.25, 0.3) is 5.76 Å². The normalized spacial score (nSPS) is 30.5. The molecule has 0 spiro atoms. The number of aliphatic hydroxyl groups is 4. The Hall–Kier alpha value is -2.86. The van der Waals surface area contributed by atoms with E-state index in [1.807, 2.05) is 34.6 Å². The molecule has 40 heavy (non-hydrogen) atoms. The Kier molecular flexibility index (Phi) is 7.45. The maximum absolute atomic E-state index is 14.3. The number of fused-ring (bicyclic) bond motifs is 3. The number of aliphatic hydroxyl groups excluding tert-OH is 3. The summed E-state index contributed by atoms with van der Waals surface area (Å²) >= 11 is 1.55. The number of ketones is 2. The minimum atomic E-state index is -2.93. The van der Waals surface area contributed by atoms with Gasteiger partial charge in [0, 0.05) is 28.7 Å². The number of likely N-dealkylation sites (N-methyl/N-ethyl adjacent to an activating group) is 1. The fourth-order valence-corrected chi connectivity index (χ4v) is 7.51. The summed E-state index contributed by atoms with van der Waals surface area (Å²) in [7, 11) is 2.97. The molecule has 1 aromatic rings. The molecule has 1 fully saturated rings. The third kappa shape index (κ3) is 4.17. The first kappa shape index (κ1) is 30.1. The Morgan fingerprint density at radius 2 is 1.75 bits per heavy atom. The van der Waals surface area contributed by atoms with Crippen LogP contribution in [0.5, 0.6) is 5.75 Å². The van der Waals surface area contributed by atoms with Crippen LogP contribution in [0.3, 0.4) is 0 Å². The second kappa shape index (κ2) is 9.90. The second-order valence-electron chi connectivity index (χ2n) is 12.4. The van der Waals surface area contributed by atoms with Crippen LogP contribution in [0, 0.1) is 11.8 Å². The van der Waals surface area contributed by atoms with E-state index in [1.54, 1.807) is 23.9 Å². The molecule has 11 heteroatoms. The molecule has 1 aromatic carbocycles. The second-order valence-corrected chi connectivity index (χ2v) is 14.0. The van der Waals surface area contributed by atoms with E-state index in [0.29, 0.717) is 16.9 Å². The lowest BCUT2D eigenvalue weighted by molar-refractivity contribution is -0.169. The average Bonchev–Trinajstić information content (AvgIpc) is 2.82. The highest BCUT2D eigenvalue weighted by Crippen LogP contribution is 2.57. The van der Waals surface area contributed by atoms with E-state index in [1.165, 1.54) is 19.0 Å². The van der Waals surface area contributed by atoms with Gasteiger partial charge in [0.2, 0.25) is 5.78 Å². The van der Waals surface area contributed by atoms with Crippen molar-refractivity contribution in [1.29, 1.82) is 0 Å². The van der Waals surface area contributed by atoms with Gasteiger partial charge >= 0.3 is 0 Å². The van der Waals surface area contributed by atoms with Crippen molar-refractivity contribution in [2.45, 2.75) is 68.9 Å². The van der Waals surface area contributed by atoms with E-state index >= 15 is 0 Å². The number of nitrogens with zero attached hydrogens (tertiary/aromatic N) is 1. The molecule has 3 aliphatic rings. The molecular weight excluding hydrogens is 536 g/mol. The van der Waals surface area contributed by atoms with Gasteiger partial charge in [-0.25, -0.2) is 0 Å². The van der Waals surface area contributed by atoms with Crippen molar-refractivity contribution in [2.24, 2.45) is 17.6 Å². The summed E-state index contributed by atoms with van der Waals surface area (Å²) in [6, 6.07) is 2.14. The van der Waals surface area contributed by atoms with Gasteiger partial charge in [-0.1, -0.05) is 46.8 Å². The summed E-state index contributed by atoms with van der Waals surface area (Å²) in [5, 5.41) is 58.1. The molecule has 6 atom stereocenters. The predicted octanol–water partition coefficient (Wildman–Crippen LogP) is 1.91. The van der Waals surface area contributed by atoms with Gasteiger partial charge in [0.15, 0.2) is 11.4 Å². The lowest BCUT2D eigenvalue weighted by atomic mass is 9.54. The summed E-state index contributed by atoms with van der Waals surface area (Å²) in [5.41, 5.74) is 1.66. The van der Waals surface area contributed by atoms with Crippen LogP contribution in [0.1, 0.15) is 57.2 Å². The van der Waals surface area contributed by atoms with Crippen molar-refractivity contribution in [2.75, 3.05) is 19.8 Å². The van der Waals surface area contributed by atoms with Crippen LogP contribution in [0.15, 0.2) is 29.0 Å². The number of phenolic OH excluding ortho intramolecular Hbond substituents is 1. The number of aromatic hydroxyl groups is 1. The number of nitrogens with two attached hydrogens (primary N) is 1. The number of amides is 1. The molecule has 0 saturated heterocycles. The van der Waals surface area contributed by atoms with Crippen molar-refractivity contribution in [1.82, 2.24) is 4.90 Å². The molecule has 218 valence electrons. The molecule has 7 N–H and O–H groups in total. The van der Waals surface area contributed by atoms with Gasteiger partial charge in [0.05, 0.1) is 23.6 Å². The van der Waals surface area contributed by atoms with Crippen LogP contribution in [0.2, 0.25) is 0 Å².